The Morgan fingerprint density at radius 2 is 0.692 bits per heavy atom. The van der Waals surface area contributed by atoms with Gasteiger partial charge in [-0.15, -0.1) is 19.3 Å². The van der Waals surface area contributed by atoms with Gasteiger partial charge < -0.3 is 53.3 Å². The zero-order valence-corrected chi connectivity index (χ0v) is 70.9. The van der Waals surface area contributed by atoms with E-state index >= 15 is 0 Å². The number of hydrogen-bond donors (Lipinski definition) is 9. The molecule has 38 heteroatoms. The number of carbonyl (C=O) groups excluding carboxylic acids is 13. The Kier molecular flexibility index (Phi) is 37.0. The number of aromatic nitrogens is 4. The van der Waals surface area contributed by atoms with Crippen molar-refractivity contribution in [3.05, 3.63) is 93.6 Å². The molecule has 0 aromatic carbocycles. The second kappa shape index (κ2) is 45.8. The van der Waals surface area contributed by atoms with Gasteiger partial charge in [0.1, 0.15) is 90.7 Å². The number of nitrogens with one attached hydrogen (secondary N) is 6. The maximum absolute atomic E-state index is 12.8. The van der Waals surface area contributed by atoms with Crippen LogP contribution in [0.2, 0.25) is 0 Å². The fourth-order valence-electron chi connectivity index (χ4n) is 14.3. The summed E-state index contributed by atoms with van der Waals surface area (Å²) in [4.78, 5) is 197. The van der Waals surface area contributed by atoms with Crippen molar-refractivity contribution in [1.82, 2.24) is 70.6 Å². The molecule has 10 amide bonds. The van der Waals surface area contributed by atoms with Crippen LogP contribution in [0.25, 0.3) is 0 Å². The molecular formula is C82H104N19NaO18. The van der Waals surface area contributed by atoms with Crippen molar-refractivity contribution < 1.29 is 117 Å². The van der Waals surface area contributed by atoms with Crippen LogP contribution in [0.3, 0.4) is 0 Å². The summed E-state index contributed by atoms with van der Waals surface area (Å²) in [5.74, 6) is 0.229. The van der Waals surface area contributed by atoms with E-state index in [9.17, 15) is 71.9 Å². The molecule has 4 aromatic rings. The number of amides is 10. The number of carboxylic acid groups (broad SMARTS) is 2. The van der Waals surface area contributed by atoms with E-state index in [4.69, 9.17) is 35.2 Å². The molecule has 7 atom stereocenters. The molecule has 4 aromatic heterocycles. The van der Waals surface area contributed by atoms with Crippen LogP contribution in [-0.2, 0) is 123 Å². The maximum atomic E-state index is 12.8. The van der Waals surface area contributed by atoms with E-state index in [1.165, 1.54) is 80.7 Å². The number of carboxylic acids is 2. The van der Waals surface area contributed by atoms with Gasteiger partial charge in [0.2, 0.25) is 11.8 Å². The van der Waals surface area contributed by atoms with E-state index in [1.807, 2.05) is 42.5 Å². The molecule has 37 nitrogen and oxygen atoms in total. The Balaban J connectivity index is 0.000000240. The van der Waals surface area contributed by atoms with Gasteiger partial charge in [0.15, 0.2) is 5.78 Å². The van der Waals surface area contributed by atoms with Crippen LogP contribution in [0.4, 0.5) is 23.3 Å². The Morgan fingerprint density at radius 1 is 0.417 bits per heavy atom. The van der Waals surface area contributed by atoms with Crippen molar-refractivity contribution in [1.29, 1.82) is 0 Å². The third kappa shape index (κ3) is 26.5. The number of aryl methyl sites for hydroxylation is 8. The predicted molar refractivity (Wildman–Crippen MR) is 431 cm³/mol. The average Bonchev–Trinajstić information content (AvgIpc) is 1.68. The zero-order chi connectivity index (χ0) is 86.2. The van der Waals surface area contributed by atoms with Crippen LogP contribution in [0.1, 0.15) is 136 Å². The Hall–Kier alpha value is -12.0. The predicted octanol–water partition coefficient (Wildman–Crippen LogP) is -2.07. The molecule has 0 radical (unpaired) electrons. The normalized spacial score (nSPS) is 18.6. The summed E-state index contributed by atoms with van der Waals surface area (Å²) in [5, 5.41) is 44.7. The number of hydrazine groups is 4. The molecule has 4 saturated heterocycles. The molecule has 0 bridgehead atoms. The van der Waals surface area contributed by atoms with Gasteiger partial charge in [0.05, 0.1) is 18.5 Å². The first kappa shape index (κ1) is 96.9. The van der Waals surface area contributed by atoms with Gasteiger partial charge in [-0.05, 0) is 170 Å². The Morgan fingerprint density at radius 3 is 0.933 bits per heavy atom. The summed E-state index contributed by atoms with van der Waals surface area (Å²) in [6.45, 7) is 6.52. The van der Waals surface area contributed by atoms with Crippen molar-refractivity contribution in [2.24, 2.45) is 29.4 Å². The number of nitrogens with two attached hydrogens (primary N) is 1. The number of nitrogens with zero attached hydrogens (tertiary/aromatic N) is 12. The fourth-order valence-corrected chi connectivity index (χ4v) is 14.3. The van der Waals surface area contributed by atoms with Crippen LogP contribution >= 0.6 is 0 Å². The third-order valence-corrected chi connectivity index (χ3v) is 20.6. The molecule has 12 heterocycles. The minimum atomic E-state index is -1.15. The molecule has 8 aliphatic heterocycles. The van der Waals surface area contributed by atoms with Crippen molar-refractivity contribution in [2.75, 3.05) is 102 Å². The summed E-state index contributed by atoms with van der Waals surface area (Å²) in [7, 11) is 5.84. The van der Waals surface area contributed by atoms with Crippen LogP contribution < -0.4 is 67.2 Å². The number of carbonyl (C=O) groups is 15. The first-order valence-electron chi connectivity index (χ1n) is 39.1. The molecule has 636 valence electrons. The van der Waals surface area contributed by atoms with Crippen LogP contribution in [-0.4, -0.2) is 263 Å². The molecule has 8 aliphatic rings. The second-order valence-corrected chi connectivity index (χ2v) is 29.6. The van der Waals surface area contributed by atoms with E-state index in [2.05, 4.69) is 75.7 Å². The minimum absolute atomic E-state index is 0. The van der Waals surface area contributed by atoms with Gasteiger partial charge in [-0.25, -0.2) is 40.0 Å². The number of ketones is 3. The standard InChI is InChI=1S/C22H27N5O4.C21H25N5O5.C17H22N4O3.C16H20N4O4.C6H9NO.Na.H2O/c1-4-16(12-14(2)28)24-19(29)13-27-22(31)18(21(30)26(27)3)10-9-17-8-7-15-6-5-11-23-20(15)25-17;1-3-14(11-18(28)29)23-17(27)12-26-21(31)16(20(30)25(26)2)9-8-15-7-6-13-5-4-10-22-19(13)24-15;1-11(22)10-21-17(24)14(16(23)20(21)2)8-7-13-6-5-12-4-3-9-18-15(12)19-13;1-19-15(23)12(16(24)20(19)9-13(21)22)7-6-11-5-4-10-3-2-8-17-14(10)18-11;1-3-6(7)4-5(2)8;;/h1,7-8,16,18H,5-6,9-13H2,2-3H3,(H,23,25)(H,24,29);1,6-7,14,16H,4-5,8-12H2,2H3,(H,22,24)(H,23,27)(H,28,29);5-6,14H,3-4,7-10H2,1-2H3,(H,18,19);4-5,12H,2-3,6-9H2,1H3,(H,17,18)(H,21,22);1,6H,4,7H2,2H3;;1H2/q;;;;;+1;/p-1/t16-,18?;14-,16?;;;6-;;/m11..1../s1. The minimum Gasteiger partial charge on any atom is -0.870 e. The smallest absolute Gasteiger partial charge is 0.870 e. The van der Waals surface area contributed by atoms with Crippen LogP contribution in [0, 0.1) is 60.7 Å². The SMILES string of the molecule is C#C[C@@H](N)CC(C)=O.C#C[C@H](CC(=O)O)NC(=O)CN1C(=O)C(CCc2ccc3c(n2)NCCC3)C(=O)N1C.C#C[C@H](CC(C)=O)NC(=O)CN1C(=O)C(CCc2ccc3c(n2)NCCC3)C(=O)N1C.CC(=O)CN1C(=O)C(CCc2ccc3c(n2)NCCC3)C(=O)N1C.CN1C(=O)C(CCc2ccc3c(n2)NCCC3)C(=O)N1CC(=O)O.[Na+].[OH-]. The van der Waals surface area contributed by atoms with Crippen molar-refractivity contribution in [3.63, 3.8) is 0 Å². The first-order valence-corrected chi connectivity index (χ1v) is 39.1. The van der Waals surface area contributed by atoms with Gasteiger partial charge in [-0.2, -0.15) is 0 Å². The molecule has 120 heavy (non-hydrogen) atoms. The Bertz CT molecular complexity index is 4370. The quantitative estimate of drug-likeness (QED) is 0.0168. The molecule has 0 aliphatic carbocycles. The van der Waals surface area contributed by atoms with Gasteiger partial charge in [0.25, 0.3) is 47.3 Å². The number of fused-ring (bicyclic) bond motifs is 4. The van der Waals surface area contributed by atoms with E-state index in [0.717, 1.165) is 154 Å². The summed E-state index contributed by atoms with van der Waals surface area (Å²) in [6.07, 6.45) is 26.9. The second-order valence-electron chi connectivity index (χ2n) is 29.6. The molecule has 0 saturated carbocycles. The molecule has 12 rings (SSSR count). The fraction of sp³-hybridized carbons (Fsp3) is 0.500. The van der Waals surface area contributed by atoms with Gasteiger partial charge in [-0.1, -0.05) is 42.0 Å². The van der Waals surface area contributed by atoms with E-state index < -0.39 is 109 Å². The zero-order valence-electron chi connectivity index (χ0n) is 68.9. The van der Waals surface area contributed by atoms with E-state index in [1.54, 1.807) is 0 Å². The number of aliphatic carboxylic acids is 2. The summed E-state index contributed by atoms with van der Waals surface area (Å²) in [6, 6.07) is 13.7. The number of hydrogen-bond acceptors (Lipinski definition) is 25. The van der Waals surface area contributed by atoms with Crippen molar-refractivity contribution in [3.8, 4) is 37.0 Å². The van der Waals surface area contributed by atoms with Crippen molar-refractivity contribution >= 4 is 112 Å². The Labute approximate surface area is 718 Å². The molecule has 0 spiro atoms. The average molecular weight is 1670 g/mol. The number of Topliss-reactive ketones (excluding diaryl/α,β-unsaturated/α-hetero) is 3. The largest absolute Gasteiger partial charge is 1.00 e. The molecule has 4 unspecified atom stereocenters. The van der Waals surface area contributed by atoms with Crippen LogP contribution in [0.15, 0.2) is 48.5 Å². The number of terminal acetylenes is 3. The third-order valence-electron chi connectivity index (χ3n) is 20.6. The first-order chi connectivity index (χ1) is 56.2. The summed E-state index contributed by atoms with van der Waals surface area (Å²) >= 11 is 0. The summed E-state index contributed by atoms with van der Waals surface area (Å²) < 4.78 is 0. The van der Waals surface area contributed by atoms with Crippen LogP contribution in [0.5, 0.6) is 0 Å². The molecule has 4 fully saturated rings. The van der Waals surface area contributed by atoms with Gasteiger partial charge in [0, 0.05) is 90.0 Å². The number of rotatable bonds is 28. The molecular weight excluding hydrogens is 1560 g/mol. The summed E-state index contributed by atoms with van der Waals surface area (Å²) in [5.41, 5.74) is 13.2. The van der Waals surface area contributed by atoms with Gasteiger partial charge in [-0.3, -0.25) is 92.0 Å². The number of anilines is 4. The molecule has 11 N–H and O–H groups in total. The van der Waals surface area contributed by atoms with Crippen molar-refractivity contribution in [2.45, 2.75) is 161 Å². The van der Waals surface area contributed by atoms with E-state index in [0.29, 0.717) is 44.9 Å². The maximum Gasteiger partial charge on any atom is 1.00 e. The van der Waals surface area contributed by atoms with E-state index in [-0.39, 0.29) is 108 Å². The monoisotopic (exact) mass is 1670 g/mol. The van der Waals surface area contributed by atoms with Gasteiger partial charge >= 0.3 is 41.5 Å². The topological polar surface area (TPSA) is 502 Å². The number of pyridine rings is 4.